The summed E-state index contributed by atoms with van der Waals surface area (Å²) in [6.45, 7) is 2.34. The Morgan fingerprint density at radius 1 is 1.12 bits per heavy atom. The van der Waals surface area contributed by atoms with Crippen LogP contribution in [0.15, 0.2) is 48.5 Å². The van der Waals surface area contributed by atoms with Crippen molar-refractivity contribution in [2.75, 3.05) is 12.4 Å². The van der Waals surface area contributed by atoms with Crippen LogP contribution in [-0.4, -0.2) is 18.9 Å². The van der Waals surface area contributed by atoms with Crippen LogP contribution in [0.2, 0.25) is 0 Å². The average Bonchev–Trinajstić information content (AvgIpc) is 3.48. The van der Waals surface area contributed by atoms with E-state index in [1.54, 1.807) is 13.2 Å². The first-order chi connectivity index (χ1) is 12.6. The Kier molecular flexibility index (Phi) is 5.68. The average molecular weight is 352 g/mol. The fourth-order valence-corrected chi connectivity index (χ4v) is 2.83. The molecule has 26 heavy (non-hydrogen) atoms. The fourth-order valence-electron chi connectivity index (χ4n) is 2.83. The molecule has 0 bridgehead atoms. The highest BCUT2D eigenvalue weighted by molar-refractivity contribution is 5.96. The van der Waals surface area contributed by atoms with E-state index in [-0.39, 0.29) is 23.8 Å². The van der Waals surface area contributed by atoms with Crippen molar-refractivity contribution in [1.29, 1.82) is 0 Å². The number of hydrogen-bond donors (Lipinski definition) is 2. The predicted molar refractivity (Wildman–Crippen MR) is 101 cm³/mol. The predicted octanol–water partition coefficient (Wildman–Crippen LogP) is 3.67. The lowest BCUT2D eigenvalue weighted by Crippen LogP contribution is -2.27. The number of nitrogens with one attached hydrogen (secondary N) is 2. The molecule has 2 aromatic rings. The summed E-state index contributed by atoms with van der Waals surface area (Å²) in [4.78, 5) is 24.4. The van der Waals surface area contributed by atoms with Gasteiger partial charge in [-0.15, -0.1) is 0 Å². The molecule has 2 amide bonds. The summed E-state index contributed by atoms with van der Waals surface area (Å²) in [5.41, 5.74) is 3.24. The summed E-state index contributed by atoms with van der Waals surface area (Å²) in [7, 11) is 1.61. The number of amides is 2. The standard InChI is InChI=1S/C21H24N2O3/c1-14(22-21(25)19-6-4-3-5-17(19)13-26-2)15-9-11-18(12-10-15)23-20(24)16-7-8-16/h3-6,9-12,14,16H,7-8,13H2,1-2H3,(H,22,25)(H,23,24). The van der Waals surface area contributed by atoms with E-state index in [9.17, 15) is 9.59 Å². The molecule has 1 fully saturated rings. The maximum atomic E-state index is 12.6. The first-order valence-corrected chi connectivity index (χ1v) is 8.87. The van der Waals surface area contributed by atoms with E-state index in [0.717, 1.165) is 29.7 Å². The second kappa shape index (κ2) is 8.15. The Labute approximate surface area is 153 Å². The van der Waals surface area contributed by atoms with E-state index in [1.165, 1.54) is 0 Å². The molecule has 1 unspecified atom stereocenters. The van der Waals surface area contributed by atoms with E-state index in [1.807, 2.05) is 49.4 Å². The van der Waals surface area contributed by atoms with Crippen LogP contribution < -0.4 is 10.6 Å². The van der Waals surface area contributed by atoms with Crippen LogP contribution in [0.5, 0.6) is 0 Å². The first kappa shape index (κ1) is 18.1. The molecular formula is C21H24N2O3. The Balaban J connectivity index is 1.63. The van der Waals surface area contributed by atoms with Gasteiger partial charge in [-0.25, -0.2) is 0 Å². The van der Waals surface area contributed by atoms with Gasteiger partial charge in [0.1, 0.15) is 0 Å². The molecular weight excluding hydrogens is 328 g/mol. The van der Waals surface area contributed by atoms with Gasteiger partial charge in [0.05, 0.1) is 12.6 Å². The van der Waals surface area contributed by atoms with Crippen molar-refractivity contribution >= 4 is 17.5 Å². The molecule has 3 rings (SSSR count). The minimum atomic E-state index is -0.147. The highest BCUT2D eigenvalue weighted by Gasteiger charge is 2.29. The van der Waals surface area contributed by atoms with Crippen molar-refractivity contribution in [2.45, 2.75) is 32.4 Å². The molecule has 1 aliphatic carbocycles. The van der Waals surface area contributed by atoms with Gasteiger partial charge in [-0.2, -0.15) is 0 Å². The van der Waals surface area contributed by atoms with Crippen molar-refractivity contribution in [3.8, 4) is 0 Å². The molecule has 2 aromatic carbocycles. The second-order valence-electron chi connectivity index (χ2n) is 6.67. The molecule has 0 heterocycles. The van der Waals surface area contributed by atoms with Gasteiger partial charge < -0.3 is 15.4 Å². The van der Waals surface area contributed by atoms with Gasteiger partial charge in [0.2, 0.25) is 5.91 Å². The number of ether oxygens (including phenoxy) is 1. The van der Waals surface area contributed by atoms with E-state index in [2.05, 4.69) is 10.6 Å². The molecule has 5 heteroatoms. The third-order valence-corrected chi connectivity index (χ3v) is 4.54. The normalized spacial score (nSPS) is 14.5. The topological polar surface area (TPSA) is 67.4 Å². The van der Waals surface area contributed by atoms with Crippen LogP contribution in [0.4, 0.5) is 5.69 Å². The molecule has 1 aliphatic rings. The number of anilines is 1. The van der Waals surface area contributed by atoms with Crippen molar-refractivity contribution in [2.24, 2.45) is 5.92 Å². The lowest BCUT2D eigenvalue weighted by molar-refractivity contribution is -0.117. The Morgan fingerprint density at radius 2 is 1.81 bits per heavy atom. The number of benzene rings is 2. The van der Waals surface area contributed by atoms with Gasteiger partial charge in [-0.3, -0.25) is 9.59 Å². The van der Waals surface area contributed by atoms with Gasteiger partial charge in [-0.05, 0) is 49.1 Å². The summed E-state index contributed by atoms with van der Waals surface area (Å²) in [5, 5.41) is 5.94. The zero-order chi connectivity index (χ0) is 18.5. The molecule has 2 N–H and O–H groups in total. The largest absolute Gasteiger partial charge is 0.380 e. The summed E-state index contributed by atoms with van der Waals surface area (Å²) < 4.78 is 5.16. The third-order valence-electron chi connectivity index (χ3n) is 4.54. The lowest BCUT2D eigenvalue weighted by atomic mass is 10.0. The van der Waals surface area contributed by atoms with Crippen LogP contribution in [0, 0.1) is 5.92 Å². The van der Waals surface area contributed by atoms with Gasteiger partial charge in [0.15, 0.2) is 0 Å². The van der Waals surface area contributed by atoms with Gasteiger partial charge >= 0.3 is 0 Å². The summed E-state index contributed by atoms with van der Waals surface area (Å²) in [5.74, 6) is 0.144. The quantitative estimate of drug-likeness (QED) is 0.799. The third kappa shape index (κ3) is 4.49. The molecule has 0 aliphatic heterocycles. The summed E-state index contributed by atoms with van der Waals surface area (Å²) >= 11 is 0. The molecule has 5 nitrogen and oxygen atoms in total. The Hall–Kier alpha value is -2.66. The lowest BCUT2D eigenvalue weighted by Gasteiger charge is -2.16. The monoisotopic (exact) mass is 352 g/mol. The molecule has 1 atom stereocenters. The van der Waals surface area contributed by atoms with Gasteiger partial charge in [-0.1, -0.05) is 30.3 Å². The SMILES string of the molecule is COCc1ccccc1C(=O)NC(C)c1ccc(NC(=O)C2CC2)cc1. The number of carbonyl (C=O) groups excluding carboxylic acids is 2. The van der Waals surface area contributed by atoms with Crippen molar-refractivity contribution in [1.82, 2.24) is 5.32 Å². The van der Waals surface area contributed by atoms with E-state index in [4.69, 9.17) is 4.74 Å². The Bertz CT molecular complexity index is 782. The minimum absolute atomic E-state index is 0.0915. The van der Waals surface area contributed by atoms with Crippen molar-refractivity contribution in [3.05, 3.63) is 65.2 Å². The van der Waals surface area contributed by atoms with E-state index >= 15 is 0 Å². The molecule has 0 saturated heterocycles. The second-order valence-corrected chi connectivity index (χ2v) is 6.67. The van der Waals surface area contributed by atoms with Crippen molar-refractivity contribution in [3.63, 3.8) is 0 Å². The molecule has 0 radical (unpaired) electrons. The summed E-state index contributed by atoms with van der Waals surface area (Å²) in [6, 6.07) is 14.9. The smallest absolute Gasteiger partial charge is 0.252 e. The van der Waals surface area contributed by atoms with E-state index in [0.29, 0.717) is 12.2 Å². The highest BCUT2D eigenvalue weighted by atomic mass is 16.5. The zero-order valence-electron chi connectivity index (χ0n) is 15.1. The van der Waals surface area contributed by atoms with Crippen LogP contribution >= 0.6 is 0 Å². The maximum Gasteiger partial charge on any atom is 0.252 e. The van der Waals surface area contributed by atoms with E-state index < -0.39 is 0 Å². The zero-order valence-corrected chi connectivity index (χ0v) is 15.1. The molecule has 0 spiro atoms. The van der Waals surface area contributed by atoms with Crippen LogP contribution in [0.1, 0.15) is 47.3 Å². The Morgan fingerprint density at radius 3 is 2.46 bits per heavy atom. The van der Waals surface area contributed by atoms with Crippen LogP contribution in [0.25, 0.3) is 0 Å². The highest BCUT2D eigenvalue weighted by Crippen LogP contribution is 2.30. The molecule has 1 saturated carbocycles. The number of methoxy groups -OCH3 is 1. The maximum absolute atomic E-state index is 12.6. The van der Waals surface area contributed by atoms with Crippen LogP contribution in [-0.2, 0) is 16.1 Å². The van der Waals surface area contributed by atoms with Gasteiger partial charge in [0, 0.05) is 24.3 Å². The number of hydrogen-bond acceptors (Lipinski definition) is 3. The molecule has 136 valence electrons. The van der Waals surface area contributed by atoms with Crippen LogP contribution in [0.3, 0.4) is 0 Å². The fraction of sp³-hybridized carbons (Fsp3) is 0.333. The van der Waals surface area contributed by atoms with Crippen molar-refractivity contribution < 1.29 is 14.3 Å². The number of rotatable bonds is 7. The minimum Gasteiger partial charge on any atom is -0.380 e. The van der Waals surface area contributed by atoms with Gasteiger partial charge in [0.25, 0.3) is 5.91 Å². The number of carbonyl (C=O) groups is 2. The first-order valence-electron chi connectivity index (χ1n) is 8.87. The molecule has 0 aromatic heterocycles. The summed E-state index contributed by atoms with van der Waals surface area (Å²) in [6.07, 6.45) is 1.97.